The molecule has 158 valence electrons. The van der Waals surface area contributed by atoms with Crippen LogP contribution in [0.25, 0.3) is 16.6 Å². The molecule has 0 N–H and O–H groups in total. The summed E-state index contributed by atoms with van der Waals surface area (Å²) in [6, 6.07) is 13.4. The van der Waals surface area contributed by atoms with Gasteiger partial charge in [0, 0.05) is 38.6 Å². The van der Waals surface area contributed by atoms with Gasteiger partial charge in [-0.1, -0.05) is 40.5 Å². The third kappa shape index (κ3) is 3.86. The molecule has 0 unspecified atom stereocenters. The summed E-state index contributed by atoms with van der Waals surface area (Å²) in [5.41, 5.74) is 5.56. The first-order valence-electron chi connectivity index (χ1n) is 10.0. The van der Waals surface area contributed by atoms with Crippen LogP contribution in [0.2, 0.25) is 5.02 Å². The Morgan fingerprint density at radius 1 is 1.16 bits per heavy atom. The van der Waals surface area contributed by atoms with Gasteiger partial charge in [-0.25, -0.2) is 4.98 Å². The minimum Gasteiger partial charge on any atom is -0.318 e. The molecule has 0 aliphatic rings. The zero-order valence-corrected chi connectivity index (χ0v) is 20.1. The topological polar surface area (TPSA) is 52.2 Å². The number of hydrogen-bond donors (Lipinski definition) is 0. The van der Waals surface area contributed by atoms with E-state index in [1.807, 2.05) is 58.0 Å². The van der Waals surface area contributed by atoms with E-state index in [4.69, 9.17) is 11.6 Å². The number of fused-ring (bicyclic) bond motifs is 1. The van der Waals surface area contributed by atoms with Crippen molar-refractivity contribution in [2.75, 3.05) is 0 Å². The fraction of sp³-hybridized carbons (Fsp3) is 0.208. The quantitative estimate of drug-likeness (QED) is 0.326. The van der Waals surface area contributed by atoms with Crippen LogP contribution in [0.5, 0.6) is 0 Å². The fourth-order valence-corrected chi connectivity index (χ4v) is 4.32. The maximum absolute atomic E-state index is 13.1. The van der Waals surface area contributed by atoms with Crippen LogP contribution in [0.3, 0.4) is 0 Å². The molecule has 0 bridgehead atoms. The SMILES string of the molecule is CCc1nc2ccc(Br)cc2c(=O)n1N=Cc1cc(C)n(-c2cccc(Cl)c2C)c1C. The Bertz CT molecular complexity index is 1400. The molecule has 5 nitrogen and oxygen atoms in total. The third-order valence-electron chi connectivity index (χ3n) is 5.45. The van der Waals surface area contributed by atoms with Gasteiger partial charge in [-0.3, -0.25) is 4.79 Å². The van der Waals surface area contributed by atoms with Crippen LogP contribution < -0.4 is 5.56 Å². The molecule has 0 saturated carbocycles. The summed E-state index contributed by atoms with van der Waals surface area (Å²) in [6.45, 7) is 8.06. The predicted molar refractivity (Wildman–Crippen MR) is 131 cm³/mol. The van der Waals surface area contributed by atoms with Crippen molar-refractivity contribution in [3.05, 3.63) is 90.7 Å². The minimum atomic E-state index is -0.182. The fourth-order valence-electron chi connectivity index (χ4n) is 3.79. The van der Waals surface area contributed by atoms with E-state index in [9.17, 15) is 4.79 Å². The summed E-state index contributed by atoms with van der Waals surface area (Å²) in [6.07, 6.45) is 2.32. The van der Waals surface area contributed by atoms with Crippen LogP contribution in [-0.4, -0.2) is 20.4 Å². The zero-order valence-electron chi connectivity index (χ0n) is 17.8. The molecule has 0 amide bonds. The summed E-state index contributed by atoms with van der Waals surface area (Å²) in [7, 11) is 0. The summed E-state index contributed by atoms with van der Waals surface area (Å²) in [4.78, 5) is 17.7. The molecule has 0 atom stereocenters. The van der Waals surface area contributed by atoms with Crippen molar-refractivity contribution in [3.8, 4) is 5.69 Å². The number of nitrogens with zero attached hydrogens (tertiary/aromatic N) is 4. The van der Waals surface area contributed by atoms with Crippen LogP contribution in [0.15, 0.2) is 56.8 Å². The molecule has 7 heteroatoms. The molecule has 0 radical (unpaired) electrons. The van der Waals surface area contributed by atoms with Crippen LogP contribution in [-0.2, 0) is 6.42 Å². The van der Waals surface area contributed by atoms with E-state index >= 15 is 0 Å². The van der Waals surface area contributed by atoms with E-state index in [1.54, 1.807) is 12.3 Å². The minimum absolute atomic E-state index is 0.182. The van der Waals surface area contributed by atoms with Crippen molar-refractivity contribution in [2.45, 2.75) is 34.1 Å². The average Bonchev–Trinajstić information content (AvgIpc) is 3.03. The molecule has 0 aliphatic carbocycles. The van der Waals surface area contributed by atoms with Gasteiger partial charge >= 0.3 is 0 Å². The highest BCUT2D eigenvalue weighted by atomic mass is 79.9. The smallest absolute Gasteiger partial charge is 0.282 e. The zero-order chi connectivity index (χ0) is 22.3. The molecule has 4 aromatic rings. The number of aryl methyl sites for hydroxylation is 2. The molecule has 31 heavy (non-hydrogen) atoms. The van der Waals surface area contributed by atoms with Crippen molar-refractivity contribution in [2.24, 2.45) is 5.10 Å². The summed E-state index contributed by atoms with van der Waals surface area (Å²) >= 11 is 9.77. The van der Waals surface area contributed by atoms with Gasteiger partial charge in [0.1, 0.15) is 5.82 Å². The molecule has 0 spiro atoms. The van der Waals surface area contributed by atoms with Crippen LogP contribution in [0, 0.1) is 20.8 Å². The first-order valence-corrected chi connectivity index (χ1v) is 11.2. The summed E-state index contributed by atoms with van der Waals surface area (Å²) < 4.78 is 4.38. The monoisotopic (exact) mass is 496 g/mol. The van der Waals surface area contributed by atoms with Gasteiger partial charge in [-0.2, -0.15) is 9.78 Å². The molecular weight excluding hydrogens is 476 g/mol. The summed E-state index contributed by atoms with van der Waals surface area (Å²) in [5.74, 6) is 0.621. The Morgan fingerprint density at radius 2 is 1.94 bits per heavy atom. The second kappa shape index (κ2) is 8.44. The predicted octanol–water partition coefficient (Wildman–Crippen LogP) is 5.97. The average molecular weight is 498 g/mol. The Kier molecular flexibility index (Phi) is 5.86. The van der Waals surface area contributed by atoms with Crippen molar-refractivity contribution in [1.29, 1.82) is 0 Å². The summed E-state index contributed by atoms with van der Waals surface area (Å²) in [5, 5.41) is 5.80. The van der Waals surface area contributed by atoms with Crippen LogP contribution in [0.1, 0.15) is 35.3 Å². The third-order valence-corrected chi connectivity index (χ3v) is 6.36. The standard InChI is InChI=1S/C24H22BrClN4O/c1-5-23-28-21-10-9-18(25)12-19(21)24(31)30(23)27-13-17-11-14(2)29(16(17)4)22-8-6-7-20(26)15(22)3/h6-13H,5H2,1-4H3. The lowest BCUT2D eigenvalue weighted by molar-refractivity contribution is 0.734. The molecule has 0 aliphatic heterocycles. The Labute approximate surface area is 194 Å². The maximum Gasteiger partial charge on any atom is 0.282 e. The van der Waals surface area contributed by atoms with Crippen molar-refractivity contribution in [3.63, 3.8) is 0 Å². The first kappa shape index (κ1) is 21.5. The second-order valence-electron chi connectivity index (χ2n) is 7.45. The highest BCUT2D eigenvalue weighted by molar-refractivity contribution is 9.10. The molecule has 2 heterocycles. The van der Waals surface area contributed by atoms with Crippen LogP contribution in [0.4, 0.5) is 0 Å². The lowest BCUT2D eigenvalue weighted by atomic mass is 10.2. The Hall–Kier alpha value is -2.70. The molecule has 0 saturated heterocycles. The molecule has 2 aromatic carbocycles. The van der Waals surface area contributed by atoms with E-state index < -0.39 is 0 Å². The van der Waals surface area contributed by atoms with Gasteiger partial charge in [-0.05, 0) is 62.7 Å². The van der Waals surface area contributed by atoms with E-state index in [-0.39, 0.29) is 5.56 Å². The van der Waals surface area contributed by atoms with Crippen LogP contribution >= 0.6 is 27.5 Å². The van der Waals surface area contributed by atoms with E-state index in [2.05, 4.69) is 36.6 Å². The lowest BCUT2D eigenvalue weighted by Gasteiger charge is -2.13. The van der Waals surface area contributed by atoms with Gasteiger partial charge in [0.05, 0.1) is 17.1 Å². The lowest BCUT2D eigenvalue weighted by Crippen LogP contribution is -2.22. The largest absolute Gasteiger partial charge is 0.318 e. The molecule has 2 aromatic heterocycles. The van der Waals surface area contributed by atoms with Gasteiger partial charge in [0.15, 0.2) is 0 Å². The molecular formula is C24H22BrClN4O. The highest BCUT2D eigenvalue weighted by Gasteiger charge is 2.14. The van der Waals surface area contributed by atoms with Crippen molar-refractivity contribution in [1.82, 2.24) is 14.2 Å². The van der Waals surface area contributed by atoms with E-state index in [0.717, 1.165) is 37.7 Å². The number of aromatic nitrogens is 3. The number of benzene rings is 2. The van der Waals surface area contributed by atoms with E-state index in [1.165, 1.54) is 4.68 Å². The van der Waals surface area contributed by atoms with Gasteiger partial charge in [0.2, 0.25) is 0 Å². The normalized spacial score (nSPS) is 11.7. The Morgan fingerprint density at radius 3 is 2.68 bits per heavy atom. The number of halogens is 2. The molecule has 0 fully saturated rings. The molecule has 4 rings (SSSR count). The van der Waals surface area contributed by atoms with Crippen molar-refractivity contribution >= 4 is 44.6 Å². The highest BCUT2D eigenvalue weighted by Crippen LogP contribution is 2.26. The van der Waals surface area contributed by atoms with Gasteiger partial charge < -0.3 is 4.57 Å². The van der Waals surface area contributed by atoms with Gasteiger partial charge in [0.25, 0.3) is 5.56 Å². The van der Waals surface area contributed by atoms with Crippen molar-refractivity contribution < 1.29 is 0 Å². The first-order chi connectivity index (χ1) is 14.8. The second-order valence-corrected chi connectivity index (χ2v) is 8.77. The van der Waals surface area contributed by atoms with Gasteiger partial charge in [-0.15, -0.1) is 0 Å². The number of rotatable bonds is 4. The van der Waals surface area contributed by atoms with E-state index in [0.29, 0.717) is 23.1 Å². The Balaban J connectivity index is 1.83. The maximum atomic E-state index is 13.1. The number of hydrogen-bond acceptors (Lipinski definition) is 3.